The van der Waals surface area contributed by atoms with Crippen molar-refractivity contribution in [3.8, 4) is 0 Å². The molecule has 0 saturated heterocycles. The molecule has 192 valence electrons. The van der Waals surface area contributed by atoms with E-state index in [0.717, 1.165) is 36.6 Å². The zero-order valence-corrected chi connectivity index (χ0v) is 21.3. The van der Waals surface area contributed by atoms with Crippen molar-refractivity contribution in [2.45, 2.75) is 70.3 Å². The first-order chi connectivity index (χ1) is 17.5. The number of carbonyl (C=O) groups excluding carboxylic acids is 2. The van der Waals surface area contributed by atoms with Gasteiger partial charge in [-0.1, -0.05) is 67.3 Å². The third-order valence-electron chi connectivity index (χ3n) is 6.67. The average molecular weight is 512 g/mol. The molecule has 1 heterocycles. The van der Waals surface area contributed by atoms with Gasteiger partial charge in [-0.15, -0.1) is 0 Å². The fourth-order valence-electron chi connectivity index (χ4n) is 4.88. The lowest BCUT2D eigenvalue weighted by Crippen LogP contribution is -2.51. The summed E-state index contributed by atoms with van der Waals surface area (Å²) in [5, 5.41) is 18.9. The highest BCUT2D eigenvalue weighted by Crippen LogP contribution is 2.29. The van der Waals surface area contributed by atoms with Gasteiger partial charge in [0.1, 0.15) is 18.1 Å². The molecule has 1 amide bonds. The Balaban J connectivity index is 1.67. The summed E-state index contributed by atoms with van der Waals surface area (Å²) in [5.41, 5.74) is 1.92. The largest absolute Gasteiger partial charge is 0.461 e. The summed E-state index contributed by atoms with van der Waals surface area (Å²) >= 11 is 6.31. The lowest BCUT2D eigenvalue weighted by Gasteiger charge is -2.32. The molecule has 2 atom stereocenters. The molecule has 7 nitrogen and oxygen atoms in total. The summed E-state index contributed by atoms with van der Waals surface area (Å²) in [6.07, 6.45) is 4.01. The maximum atomic E-state index is 13.1. The second-order valence-electron chi connectivity index (χ2n) is 9.27. The molecule has 0 radical (unpaired) electrons. The van der Waals surface area contributed by atoms with Gasteiger partial charge in [-0.3, -0.25) is 10.1 Å². The van der Waals surface area contributed by atoms with Gasteiger partial charge in [-0.05, 0) is 49.9 Å². The number of aromatic nitrogens is 1. The zero-order chi connectivity index (χ0) is 25.5. The van der Waals surface area contributed by atoms with Crippen LogP contribution in [-0.2, 0) is 16.0 Å². The van der Waals surface area contributed by atoms with E-state index in [0.29, 0.717) is 17.0 Å². The van der Waals surface area contributed by atoms with Crippen LogP contribution in [0.2, 0.25) is 5.02 Å². The number of nitrogens with zero attached hydrogens (tertiary/aromatic N) is 1. The number of aliphatic hydroxyl groups excluding tert-OH is 1. The molecule has 8 heteroatoms. The highest BCUT2D eigenvalue weighted by Gasteiger charge is 2.31. The second-order valence-corrected chi connectivity index (χ2v) is 9.70. The summed E-state index contributed by atoms with van der Waals surface area (Å²) in [5.74, 6) is -0.759. The Morgan fingerprint density at radius 1 is 1.11 bits per heavy atom. The van der Waals surface area contributed by atoms with Gasteiger partial charge in [-0.2, -0.15) is 0 Å². The van der Waals surface area contributed by atoms with Gasteiger partial charge in [0.15, 0.2) is 0 Å². The van der Waals surface area contributed by atoms with Crippen molar-refractivity contribution in [2.24, 2.45) is 0 Å². The van der Waals surface area contributed by atoms with Crippen molar-refractivity contribution in [3.05, 3.63) is 70.9 Å². The first-order valence-electron chi connectivity index (χ1n) is 12.7. The minimum atomic E-state index is -1.13. The van der Waals surface area contributed by atoms with Crippen molar-refractivity contribution in [1.29, 1.82) is 0 Å². The lowest BCUT2D eigenvalue weighted by atomic mass is 9.95. The Labute approximate surface area is 216 Å². The van der Waals surface area contributed by atoms with E-state index >= 15 is 0 Å². The number of carbonyl (C=O) groups is 2. The van der Waals surface area contributed by atoms with Crippen LogP contribution in [0.1, 0.15) is 67.7 Å². The van der Waals surface area contributed by atoms with Crippen molar-refractivity contribution < 1.29 is 19.4 Å². The van der Waals surface area contributed by atoms with Crippen molar-refractivity contribution in [1.82, 2.24) is 15.2 Å². The Bertz CT molecular complexity index is 1170. The summed E-state index contributed by atoms with van der Waals surface area (Å²) in [6, 6.07) is 16.9. The molecule has 2 aromatic carbocycles. The van der Waals surface area contributed by atoms with E-state index in [2.05, 4.69) is 10.6 Å². The third kappa shape index (κ3) is 6.46. The normalized spacial score (nSPS) is 16.0. The van der Waals surface area contributed by atoms with Gasteiger partial charge < -0.3 is 19.7 Å². The molecular weight excluding hydrogens is 478 g/mol. The first kappa shape index (κ1) is 26.2. The third-order valence-corrected chi connectivity index (χ3v) is 6.90. The summed E-state index contributed by atoms with van der Waals surface area (Å²) in [7, 11) is 0. The van der Waals surface area contributed by atoms with Crippen LogP contribution in [0.4, 0.5) is 0 Å². The molecule has 1 fully saturated rings. The van der Waals surface area contributed by atoms with E-state index in [1.54, 1.807) is 29.7 Å². The number of fused-ring (bicyclic) bond motifs is 1. The number of rotatable bonds is 10. The fourth-order valence-corrected chi connectivity index (χ4v) is 5.05. The number of aliphatic hydroxyl groups is 1. The molecule has 1 aromatic heterocycles. The topological polar surface area (TPSA) is 92.6 Å². The number of benzene rings is 2. The predicted molar refractivity (Wildman–Crippen MR) is 141 cm³/mol. The highest BCUT2D eigenvalue weighted by atomic mass is 35.5. The second kappa shape index (κ2) is 12.4. The van der Waals surface area contributed by atoms with E-state index in [1.165, 1.54) is 6.42 Å². The molecule has 0 aliphatic heterocycles. The molecule has 1 saturated carbocycles. The first-order valence-corrected chi connectivity index (χ1v) is 13.1. The predicted octanol–water partition coefficient (Wildman–Crippen LogP) is 4.96. The van der Waals surface area contributed by atoms with Crippen molar-refractivity contribution in [3.63, 3.8) is 0 Å². The van der Waals surface area contributed by atoms with Crippen LogP contribution in [0, 0.1) is 0 Å². The number of nitrogens with one attached hydrogen (secondary N) is 2. The smallest absolute Gasteiger partial charge is 0.355 e. The molecule has 0 bridgehead atoms. The quantitative estimate of drug-likeness (QED) is 0.264. The van der Waals surface area contributed by atoms with Crippen LogP contribution in [-0.4, -0.2) is 40.4 Å². The van der Waals surface area contributed by atoms with E-state index in [1.807, 2.05) is 36.4 Å². The molecule has 2 unspecified atom stereocenters. The molecule has 36 heavy (non-hydrogen) atoms. The SMILES string of the molecule is CCOC(=O)c1cc2ccc(Cl)cc2n1C(NC(=O)CCc1ccccc1)C(O)NC1CCCCC1. The Kier molecular flexibility index (Phi) is 9.02. The maximum absolute atomic E-state index is 13.1. The van der Waals surface area contributed by atoms with Gasteiger partial charge in [-0.25, -0.2) is 4.79 Å². The van der Waals surface area contributed by atoms with E-state index in [9.17, 15) is 14.7 Å². The Morgan fingerprint density at radius 2 is 1.86 bits per heavy atom. The van der Waals surface area contributed by atoms with Crippen LogP contribution in [0.25, 0.3) is 10.9 Å². The summed E-state index contributed by atoms with van der Waals surface area (Å²) < 4.78 is 6.95. The van der Waals surface area contributed by atoms with Crippen molar-refractivity contribution in [2.75, 3.05) is 6.61 Å². The molecular formula is C28H34ClN3O4. The van der Waals surface area contributed by atoms with E-state index in [-0.39, 0.29) is 30.7 Å². The maximum Gasteiger partial charge on any atom is 0.355 e. The van der Waals surface area contributed by atoms with Gasteiger partial charge >= 0.3 is 5.97 Å². The van der Waals surface area contributed by atoms with Gasteiger partial charge in [0, 0.05) is 22.9 Å². The number of aryl methyl sites for hydroxylation is 1. The highest BCUT2D eigenvalue weighted by molar-refractivity contribution is 6.31. The Hall–Kier alpha value is -2.87. The monoisotopic (exact) mass is 511 g/mol. The molecule has 1 aliphatic carbocycles. The zero-order valence-electron chi connectivity index (χ0n) is 20.6. The van der Waals surface area contributed by atoms with Gasteiger partial charge in [0.25, 0.3) is 0 Å². The van der Waals surface area contributed by atoms with Crippen LogP contribution in [0.3, 0.4) is 0 Å². The minimum Gasteiger partial charge on any atom is -0.461 e. The van der Waals surface area contributed by atoms with Gasteiger partial charge in [0.2, 0.25) is 5.91 Å². The average Bonchev–Trinajstić information content (AvgIpc) is 3.26. The molecule has 3 aromatic rings. The van der Waals surface area contributed by atoms with Gasteiger partial charge in [0.05, 0.1) is 12.1 Å². The Morgan fingerprint density at radius 3 is 2.58 bits per heavy atom. The molecule has 1 aliphatic rings. The number of halogens is 1. The number of amides is 1. The fraction of sp³-hybridized carbons (Fsp3) is 0.429. The molecule has 0 spiro atoms. The van der Waals surface area contributed by atoms with E-state index in [4.69, 9.17) is 16.3 Å². The van der Waals surface area contributed by atoms with Crippen LogP contribution in [0.5, 0.6) is 0 Å². The van der Waals surface area contributed by atoms with Crippen LogP contribution >= 0.6 is 11.6 Å². The number of esters is 1. The standard InChI is InChI=1S/C28H34ClN3O4/c1-2-36-28(35)24-17-20-14-15-21(29)18-23(20)32(24)26(27(34)30-22-11-7-4-8-12-22)31-25(33)16-13-19-9-5-3-6-10-19/h3,5-6,9-10,14-15,17-18,22,26-27,30,34H,2,4,7-8,11-13,16H2,1H3,(H,31,33). The summed E-state index contributed by atoms with van der Waals surface area (Å²) in [4.78, 5) is 26.1. The van der Waals surface area contributed by atoms with Crippen LogP contribution in [0.15, 0.2) is 54.6 Å². The molecule has 3 N–H and O–H groups in total. The number of hydrogen-bond donors (Lipinski definition) is 3. The lowest BCUT2D eigenvalue weighted by molar-refractivity contribution is -0.124. The molecule has 4 rings (SSSR count). The number of hydrogen-bond acceptors (Lipinski definition) is 5. The number of ether oxygens (including phenoxy) is 1. The van der Waals surface area contributed by atoms with Crippen LogP contribution < -0.4 is 10.6 Å². The van der Waals surface area contributed by atoms with Crippen molar-refractivity contribution >= 4 is 34.4 Å². The minimum absolute atomic E-state index is 0.133. The van der Waals surface area contributed by atoms with E-state index < -0.39 is 18.4 Å². The summed E-state index contributed by atoms with van der Waals surface area (Å²) in [6.45, 7) is 1.95.